The molecular formula is C5H8N4O2S. The summed E-state index contributed by atoms with van der Waals surface area (Å²) in [4.78, 5) is 26.0. The van der Waals surface area contributed by atoms with Crippen molar-refractivity contribution < 1.29 is 0 Å². The van der Waals surface area contributed by atoms with Crippen LogP contribution in [0.5, 0.6) is 0 Å². The van der Waals surface area contributed by atoms with Gasteiger partial charge < -0.3 is 5.73 Å². The third-order valence-corrected chi connectivity index (χ3v) is 1.61. The molecular weight excluding hydrogens is 180 g/mol. The van der Waals surface area contributed by atoms with E-state index in [1.54, 1.807) is 0 Å². The molecule has 0 aliphatic carbocycles. The quantitative estimate of drug-likeness (QED) is 0.495. The van der Waals surface area contributed by atoms with E-state index in [9.17, 15) is 9.59 Å². The molecule has 0 saturated heterocycles. The van der Waals surface area contributed by atoms with Gasteiger partial charge in [0.15, 0.2) is 4.77 Å². The van der Waals surface area contributed by atoms with E-state index in [2.05, 4.69) is 4.98 Å². The summed E-state index contributed by atoms with van der Waals surface area (Å²) in [5.41, 5.74) is 4.09. The number of rotatable bonds is 2. The van der Waals surface area contributed by atoms with Crippen molar-refractivity contribution >= 4 is 12.2 Å². The fourth-order valence-corrected chi connectivity index (χ4v) is 1.05. The summed E-state index contributed by atoms with van der Waals surface area (Å²) in [6.07, 6.45) is 0. The molecule has 6 nitrogen and oxygen atoms in total. The van der Waals surface area contributed by atoms with Crippen LogP contribution in [0.4, 0.5) is 0 Å². The van der Waals surface area contributed by atoms with Crippen LogP contribution in [0.2, 0.25) is 0 Å². The predicted molar refractivity (Wildman–Crippen MR) is 45.6 cm³/mol. The molecule has 1 aromatic rings. The van der Waals surface area contributed by atoms with Crippen LogP contribution in [-0.4, -0.2) is 21.1 Å². The second kappa shape index (κ2) is 3.46. The molecule has 1 aromatic heterocycles. The molecule has 0 atom stereocenters. The first kappa shape index (κ1) is 8.88. The molecule has 0 saturated carbocycles. The van der Waals surface area contributed by atoms with Crippen molar-refractivity contribution in [2.45, 2.75) is 6.54 Å². The Morgan fingerprint density at radius 1 is 1.42 bits per heavy atom. The third kappa shape index (κ3) is 1.69. The van der Waals surface area contributed by atoms with Gasteiger partial charge in [0.05, 0.1) is 0 Å². The lowest BCUT2D eigenvalue weighted by molar-refractivity contribution is 0.621. The van der Waals surface area contributed by atoms with Crippen LogP contribution in [0.15, 0.2) is 9.59 Å². The summed E-state index contributed by atoms with van der Waals surface area (Å²) in [5.74, 6) is 0. The fraction of sp³-hybridized carbons (Fsp3) is 0.400. The third-order valence-electron chi connectivity index (χ3n) is 1.28. The summed E-state index contributed by atoms with van der Waals surface area (Å²) in [6, 6.07) is 0. The maximum Gasteiger partial charge on any atom is 0.331 e. The van der Waals surface area contributed by atoms with Gasteiger partial charge in [-0.1, -0.05) is 0 Å². The van der Waals surface area contributed by atoms with Gasteiger partial charge in [-0.3, -0.25) is 14.5 Å². The van der Waals surface area contributed by atoms with E-state index >= 15 is 0 Å². The largest absolute Gasteiger partial charge is 0.331 e. The monoisotopic (exact) mass is 188 g/mol. The van der Waals surface area contributed by atoms with Gasteiger partial charge >= 0.3 is 11.4 Å². The molecule has 12 heavy (non-hydrogen) atoms. The highest BCUT2D eigenvalue weighted by Crippen LogP contribution is 1.76. The number of aromatic amines is 2. The number of nitrogens with one attached hydrogen (secondary N) is 2. The zero-order valence-corrected chi connectivity index (χ0v) is 6.98. The van der Waals surface area contributed by atoms with Crippen molar-refractivity contribution in [3.8, 4) is 0 Å². The average molecular weight is 188 g/mol. The molecule has 66 valence electrons. The van der Waals surface area contributed by atoms with Crippen molar-refractivity contribution in [3.05, 3.63) is 25.7 Å². The average Bonchev–Trinajstić information content (AvgIpc) is 1.96. The highest BCUT2D eigenvalue weighted by Gasteiger charge is 1.96. The molecule has 0 aliphatic rings. The molecule has 0 amide bonds. The summed E-state index contributed by atoms with van der Waals surface area (Å²) >= 11 is 4.72. The van der Waals surface area contributed by atoms with Gasteiger partial charge in [0.2, 0.25) is 0 Å². The molecule has 0 spiro atoms. The van der Waals surface area contributed by atoms with Crippen LogP contribution in [0, 0.1) is 4.77 Å². The first-order valence-corrected chi connectivity index (χ1v) is 3.69. The molecule has 0 fully saturated rings. The lowest BCUT2D eigenvalue weighted by atomic mass is 10.6. The minimum atomic E-state index is -0.599. The normalized spacial score (nSPS) is 10.1. The van der Waals surface area contributed by atoms with Gasteiger partial charge in [-0.05, 0) is 12.2 Å². The Hall–Kier alpha value is -1.21. The van der Waals surface area contributed by atoms with Gasteiger partial charge in [-0.15, -0.1) is 0 Å². The molecule has 1 rings (SSSR count). The first-order valence-electron chi connectivity index (χ1n) is 3.28. The topological polar surface area (TPSA) is 96.7 Å². The zero-order chi connectivity index (χ0) is 9.14. The second-order valence-electron chi connectivity index (χ2n) is 2.13. The van der Waals surface area contributed by atoms with Crippen molar-refractivity contribution in [3.63, 3.8) is 0 Å². The minimum Gasteiger partial charge on any atom is -0.329 e. The molecule has 4 N–H and O–H groups in total. The number of H-pyrrole nitrogens is 2. The van der Waals surface area contributed by atoms with Crippen LogP contribution < -0.4 is 17.1 Å². The van der Waals surface area contributed by atoms with Crippen molar-refractivity contribution in [1.29, 1.82) is 0 Å². The number of nitrogens with zero attached hydrogens (tertiary/aromatic N) is 1. The Bertz CT molecular complexity index is 394. The van der Waals surface area contributed by atoms with Crippen LogP contribution in [0.1, 0.15) is 0 Å². The second-order valence-corrected chi connectivity index (χ2v) is 2.52. The maximum absolute atomic E-state index is 11.0. The minimum absolute atomic E-state index is 0.0919. The van der Waals surface area contributed by atoms with Gasteiger partial charge in [0.1, 0.15) is 0 Å². The number of aromatic nitrogens is 3. The Balaban J connectivity index is 3.39. The van der Waals surface area contributed by atoms with Gasteiger partial charge in [0.25, 0.3) is 0 Å². The maximum atomic E-state index is 11.0. The van der Waals surface area contributed by atoms with Crippen LogP contribution in [-0.2, 0) is 6.54 Å². The van der Waals surface area contributed by atoms with E-state index in [1.165, 1.54) is 4.57 Å². The Kier molecular flexibility index (Phi) is 2.56. The summed E-state index contributed by atoms with van der Waals surface area (Å²) in [5, 5.41) is 0. The SMILES string of the molecule is NCCn1c(=O)[nH]c(=O)[nH]c1=S. The number of hydrogen-bond donors (Lipinski definition) is 3. The van der Waals surface area contributed by atoms with E-state index in [4.69, 9.17) is 18.0 Å². The molecule has 1 heterocycles. The van der Waals surface area contributed by atoms with E-state index < -0.39 is 11.4 Å². The fourth-order valence-electron chi connectivity index (χ4n) is 0.785. The van der Waals surface area contributed by atoms with Crippen LogP contribution in [0.3, 0.4) is 0 Å². The standard InChI is InChI=1S/C5H8N4O2S/c6-1-2-9-4(11)7-3(10)8-5(9)12/h1-2,6H2,(H2,7,8,10,11,12). The van der Waals surface area contributed by atoms with Crippen molar-refractivity contribution in [2.24, 2.45) is 5.73 Å². The summed E-state index contributed by atoms with van der Waals surface area (Å²) in [6.45, 7) is 0.592. The van der Waals surface area contributed by atoms with Crippen LogP contribution >= 0.6 is 12.2 Å². The molecule has 0 radical (unpaired) electrons. The molecule has 0 aliphatic heterocycles. The molecule has 0 bridgehead atoms. The lowest BCUT2D eigenvalue weighted by Gasteiger charge is -2.00. The van der Waals surface area contributed by atoms with E-state index in [0.29, 0.717) is 13.1 Å². The van der Waals surface area contributed by atoms with E-state index in [1.807, 2.05) is 4.98 Å². The van der Waals surface area contributed by atoms with Gasteiger partial charge in [0, 0.05) is 13.1 Å². The van der Waals surface area contributed by atoms with Gasteiger partial charge in [-0.2, -0.15) is 0 Å². The van der Waals surface area contributed by atoms with E-state index in [0.717, 1.165) is 0 Å². The number of nitrogens with two attached hydrogens (primary N) is 1. The van der Waals surface area contributed by atoms with Crippen LogP contribution in [0.25, 0.3) is 0 Å². The highest BCUT2D eigenvalue weighted by molar-refractivity contribution is 7.71. The molecule has 7 heteroatoms. The first-order chi connectivity index (χ1) is 5.65. The van der Waals surface area contributed by atoms with Gasteiger partial charge in [-0.25, -0.2) is 9.59 Å². The zero-order valence-electron chi connectivity index (χ0n) is 6.16. The van der Waals surface area contributed by atoms with Crippen molar-refractivity contribution in [1.82, 2.24) is 14.5 Å². The molecule has 0 unspecified atom stereocenters. The Labute approximate surface area is 72.1 Å². The highest BCUT2D eigenvalue weighted by atomic mass is 32.1. The summed E-state index contributed by atoms with van der Waals surface area (Å²) in [7, 11) is 0. The van der Waals surface area contributed by atoms with Crippen molar-refractivity contribution in [2.75, 3.05) is 6.54 Å². The lowest BCUT2D eigenvalue weighted by Crippen LogP contribution is -2.34. The molecule has 0 aromatic carbocycles. The van der Waals surface area contributed by atoms with E-state index in [-0.39, 0.29) is 4.77 Å². The number of hydrogen-bond acceptors (Lipinski definition) is 4. The Morgan fingerprint density at radius 3 is 2.58 bits per heavy atom. The summed E-state index contributed by atoms with van der Waals surface area (Å²) < 4.78 is 1.28. The Morgan fingerprint density at radius 2 is 2.08 bits per heavy atom. The predicted octanol–water partition coefficient (Wildman–Crippen LogP) is -1.45. The smallest absolute Gasteiger partial charge is 0.329 e.